The molecule has 2 heterocycles. The maximum atomic E-state index is 2.56. The second kappa shape index (κ2) is 12.7. The molecule has 0 aromatic heterocycles. The number of rotatable bonds is 4. The molecule has 0 bridgehead atoms. The molecule has 2 aliphatic carbocycles. The Labute approximate surface area is 335 Å². The first-order valence-electron chi connectivity index (χ1n) is 20.6. The summed E-state index contributed by atoms with van der Waals surface area (Å²) in [5.41, 5.74) is 21.7. The fraction of sp³-hybridized carbons (Fsp3) is 0.127. The molecule has 2 aliphatic heterocycles. The van der Waals surface area contributed by atoms with Gasteiger partial charge >= 0.3 is 0 Å². The van der Waals surface area contributed by atoms with Crippen LogP contribution in [0.4, 0.5) is 28.4 Å². The quantitative estimate of drug-likeness (QED) is 0.166. The predicted molar refractivity (Wildman–Crippen MR) is 239 cm³/mol. The van der Waals surface area contributed by atoms with Crippen LogP contribution in [-0.4, -0.2) is 6.54 Å². The molecular weight excluding hydrogens is 689 g/mol. The van der Waals surface area contributed by atoms with Gasteiger partial charge < -0.3 is 9.80 Å². The predicted octanol–water partition coefficient (Wildman–Crippen LogP) is 13.5. The van der Waals surface area contributed by atoms with Crippen LogP contribution >= 0.6 is 0 Å². The summed E-state index contributed by atoms with van der Waals surface area (Å²) in [6.07, 6.45) is 10.0. The van der Waals surface area contributed by atoms with Crippen molar-refractivity contribution in [2.75, 3.05) is 16.3 Å². The molecule has 0 N–H and O–H groups in total. The highest BCUT2D eigenvalue weighted by Crippen LogP contribution is 2.57. The third-order valence-electron chi connectivity index (χ3n) is 13.4. The van der Waals surface area contributed by atoms with Gasteiger partial charge in [-0.25, -0.2) is 0 Å². The molecule has 0 fully saturated rings. The molecule has 57 heavy (non-hydrogen) atoms. The fourth-order valence-electron chi connectivity index (χ4n) is 10.8. The molecule has 8 aromatic rings. The Morgan fingerprint density at radius 3 is 1.81 bits per heavy atom. The van der Waals surface area contributed by atoms with Gasteiger partial charge in [0, 0.05) is 46.5 Å². The second-order valence-electron chi connectivity index (χ2n) is 16.4. The van der Waals surface area contributed by atoms with Crippen molar-refractivity contribution in [1.29, 1.82) is 0 Å². The summed E-state index contributed by atoms with van der Waals surface area (Å²) in [6, 6.07) is 64.0. The van der Waals surface area contributed by atoms with Crippen molar-refractivity contribution in [3.05, 3.63) is 220 Å². The molecular formula is C55H42N2. The van der Waals surface area contributed by atoms with Gasteiger partial charge in [-0.05, 0) is 129 Å². The standard InChI is InChI=1S/C55H42N2/c1-2-16-43-36-55(35-42(43)15-1)49-32-37(26-29-46(49)47-30-28-44(34-50(47)55)56-31-11-18-39-12-3-6-21-51(39)56)25-27-38-17-9-20-48-45(38)19-10-24-54(48)57-52-22-7-4-13-40(52)33-41-14-5-8-23-53(41)57/h1-10,12-17,19-30,32,34H,11,18,31,33,35-36H2/b27-25+. The normalized spacial score (nSPS) is 15.6. The zero-order chi connectivity index (χ0) is 37.5. The van der Waals surface area contributed by atoms with E-state index >= 15 is 0 Å². The molecule has 0 atom stereocenters. The van der Waals surface area contributed by atoms with E-state index in [-0.39, 0.29) is 5.41 Å². The van der Waals surface area contributed by atoms with Gasteiger partial charge in [-0.2, -0.15) is 0 Å². The first kappa shape index (κ1) is 32.6. The van der Waals surface area contributed by atoms with E-state index in [0.717, 1.165) is 32.2 Å². The molecule has 2 nitrogen and oxygen atoms in total. The van der Waals surface area contributed by atoms with E-state index in [2.05, 4.69) is 192 Å². The molecule has 0 amide bonds. The molecule has 1 spiro atoms. The van der Waals surface area contributed by atoms with Crippen molar-refractivity contribution in [2.24, 2.45) is 0 Å². The number of anilines is 5. The highest BCUT2D eigenvalue weighted by molar-refractivity contribution is 6.04. The summed E-state index contributed by atoms with van der Waals surface area (Å²) < 4.78 is 0. The number of nitrogens with zero attached hydrogens (tertiary/aromatic N) is 2. The van der Waals surface area contributed by atoms with E-state index < -0.39 is 0 Å². The lowest BCUT2D eigenvalue weighted by atomic mass is 9.75. The van der Waals surface area contributed by atoms with Crippen molar-refractivity contribution >= 4 is 51.4 Å². The van der Waals surface area contributed by atoms with Crippen LogP contribution in [0.2, 0.25) is 0 Å². The number of aryl methyl sites for hydroxylation is 1. The van der Waals surface area contributed by atoms with E-state index in [4.69, 9.17) is 0 Å². The number of hydrogen-bond acceptors (Lipinski definition) is 2. The summed E-state index contributed by atoms with van der Waals surface area (Å²) >= 11 is 0. The van der Waals surface area contributed by atoms with Crippen LogP contribution < -0.4 is 9.80 Å². The second-order valence-corrected chi connectivity index (χ2v) is 16.4. The monoisotopic (exact) mass is 730 g/mol. The number of fused-ring (bicyclic) bond motifs is 10. The molecule has 0 saturated heterocycles. The number of para-hydroxylation sites is 3. The third kappa shape index (κ3) is 5.03. The summed E-state index contributed by atoms with van der Waals surface area (Å²) in [4.78, 5) is 5.03. The Hall–Kier alpha value is -6.64. The highest BCUT2D eigenvalue weighted by Gasteiger charge is 2.47. The average Bonchev–Trinajstić information content (AvgIpc) is 3.79. The Balaban J connectivity index is 0.942. The number of benzene rings is 8. The van der Waals surface area contributed by atoms with Gasteiger partial charge in [0.2, 0.25) is 0 Å². The maximum absolute atomic E-state index is 2.56. The lowest BCUT2D eigenvalue weighted by molar-refractivity contribution is 0.563. The molecule has 272 valence electrons. The molecule has 8 aromatic carbocycles. The minimum Gasteiger partial charge on any atom is -0.341 e. The van der Waals surface area contributed by atoms with Gasteiger partial charge in [0.15, 0.2) is 0 Å². The van der Waals surface area contributed by atoms with E-state index in [1.54, 1.807) is 0 Å². The lowest BCUT2D eigenvalue weighted by Crippen LogP contribution is -2.27. The molecule has 0 saturated carbocycles. The largest absolute Gasteiger partial charge is 0.341 e. The van der Waals surface area contributed by atoms with Crippen LogP contribution in [0.1, 0.15) is 56.5 Å². The van der Waals surface area contributed by atoms with E-state index in [0.29, 0.717) is 0 Å². The fourth-order valence-corrected chi connectivity index (χ4v) is 10.8. The first-order chi connectivity index (χ1) is 28.2. The van der Waals surface area contributed by atoms with Crippen LogP contribution in [0.25, 0.3) is 34.1 Å². The smallest absolute Gasteiger partial charge is 0.0540 e. The highest BCUT2D eigenvalue weighted by atomic mass is 15.2. The van der Waals surface area contributed by atoms with Gasteiger partial charge in [-0.15, -0.1) is 0 Å². The van der Waals surface area contributed by atoms with Gasteiger partial charge in [0.25, 0.3) is 0 Å². The van der Waals surface area contributed by atoms with Crippen molar-refractivity contribution in [3.63, 3.8) is 0 Å². The lowest BCUT2D eigenvalue weighted by Gasteiger charge is -2.34. The van der Waals surface area contributed by atoms with Crippen molar-refractivity contribution in [3.8, 4) is 11.1 Å². The Kier molecular flexibility index (Phi) is 7.26. The van der Waals surface area contributed by atoms with Gasteiger partial charge in [0.1, 0.15) is 0 Å². The summed E-state index contributed by atoms with van der Waals surface area (Å²) in [5, 5.41) is 2.51. The van der Waals surface area contributed by atoms with Crippen LogP contribution in [0.3, 0.4) is 0 Å². The SMILES string of the molecule is C(=C\c1cccc2c(N3c4ccccc4Cc4ccccc43)cccc12)/c1ccc2c(c1)C1(Cc3ccccc3C1)c1cc(N3CCCc4ccccc43)ccc1-2. The van der Waals surface area contributed by atoms with Crippen molar-refractivity contribution in [1.82, 2.24) is 0 Å². The van der Waals surface area contributed by atoms with Gasteiger partial charge in [-0.1, -0.05) is 146 Å². The summed E-state index contributed by atoms with van der Waals surface area (Å²) in [5.74, 6) is 0. The van der Waals surface area contributed by atoms with Gasteiger partial charge in [-0.3, -0.25) is 0 Å². The topological polar surface area (TPSA) is 6.48 Å². The molecule has 0 unspecified atom stereocenters. The van der Waals surface area contributed by atoms with Crippen LogP contribution in [0.5, 0.6) is 0 Å². The number of hydrogen-bond donors (Lipinski definition) is 0. The van der Waals surface area contributed by atoms with Crippen LogP contribution in [0.15, 0.2) is 170 Å². The Morgan fingerprint density at radius 2 is 1.05 bits per heavy atom. The Morgan fingerprint density at radius 1 is 0.456 bits per heavy atom. The maximum Gasteiger partial charge on any atom is 0.0540 e. The minimum absolute atomic E-state index is 0.0844. The zero-order valence-corrected chi connectivity index (χ0v) is 32.0. The van der Waals surface area contributed by atoms with E-state index in [1.165, 1.54) is 107 Å². The van der Waals surface area contributed by atoms with E-state index in [1.807, 2.05) is 0 Å². The van der Waals surface area contributed by atoms with Gasteiger partial charge in [0.05, 0.1) is 5.69 Å². The third-order valence-corrected chi connectivity index (χ3v) is 13.4. The molecule has 2 heteroatoms. The molecule has 4 aliphatic rings. The summed E-state index contributed by atoms with van der Waals surface area (Å²) in [7, 11) is 0. The van der Waals surface area contributed by atoms with Crippen molar-refractivity contribution < 1.29 is 0 Å². The van der Waals surface area contributed by atoms with E-state index in [9.17, 15) is 0 Å². The van der Waals surface area contributed by atoms with Crippen LogP contribution in [-0.2, 0) is 31.1 Å². The average molecular weight is 731 g/mol. The Bertz CT molecular complexity index is 2880. The summed E-state index contributed by atoms with van der Waals surface area (Å²) in [6.45, 7) is 1.05. The minimum atomic E-state index is -0.0844. The first-order valence-corrected chi connectivity index (χ1v) is 20.6. The van der Waals surface area contributed by atoms with Crippen LogP contribution in [0, 0.1) is 0 Å². The molecule has 12 rings (SSSR count). The van der Waals surface area contributed by atoms with Crippen molar-refractivity contribution in [2.45, 2.75) is 37.5 Å². The molecule has 0 radical (unpaired) electrons. The zero-order valence-electron chi connectivity index (χ0n) is 32.0.